The van der Waals surface area contributed by atoms with Crippen molar-refractivity contribution < 1.29 is 9.59 Å². The number of nitrogens with zero attached hydrogens (tertiary/aromatic N) is 7. The zero-order valence-corrected chi connectivity index (χ0v) is 17.1. The summed E-state index contributed by atoms with van der Waals surface area (Å²) in [5, 5.41) is 8.11. The highest BCUT2D eigenvalue weighted by atomic mass is 32.1. The normalized spacial score (nSPS) is 21.8. The maximum Gasteiger partial charge on any atom is 0.227 e. The summed E-state index contributed by atoms with van der Waals surface area (Å²) in [6.45, 7) is 7.34. The number of likely N-dealkylation sites (tertiary alicyclic amines) is 2. The van der Waals surface area contributed by atoms with Crippen molar-refractivity contribution in [3.63, 3.8) is 0 Å². The predicted octanol–water partition coefficient (Wildman–Crippen LogP) is 0.830. The van der Waals surface area contributed by atoms with Crippen LogP contribution in [0.5, 0.6) is 0 Å². The molecule has 4 heterocycles. The first-order valence-electron chi connectivity index (χ1n) is 9.64. The van der Waals surface area contributed by atoms with Crippen LogP contribution in [0.3, 0.4) is 0 Å². The lowest BCUT2D eigenvalue weighted by molar-refractivity contribution is -0.130. The second-order valence-corrected chi connectivity index (χ2v) is 8.74. The first kappa shape index (κ1) is 19.0. The van der Waals surface area contributed by atoms with E-state index >= 15 is 0 Å². The van der Waals surface area contributed by atoms with Crippen molar-refractivity contribution >= 4 is 23.3 Å². The second-order valence-electron chi connectivity index (χ2n) is 7.87. The molecular formula is C18H25N7O2S. The van der Waals surface area contributed by atoms with Gasteiger partial charge in [0.25, 0.3) is 0 Å². The van der Waals surface area contributed by atoms with Crippen molar-refractivity contribution in [1.29, 1.82) is 0 Å². The van der Waals surface area contributed by atoms with Gasteiger partial charge in [0, 0.05) is 38.0 Å². The van der Waals surface area contributed by atoms with Crippen LogP contribution in [-0.2, 0) is 22.6 Å². The van der Waals surface area contributed by atoms with Crippen molar-refractivity contribution in [3.05, 3.63) is 22.7 Å². The van der Waals surface area contributed by atoms with Gasteiger partial charge >= 0.3 is 0 Å². The average molecular weight is 404 g/mol. The molecular weight excluding hydrogens is 378 g/mol. The molecule has 1 atom stereocenters. The molecule has 0 radical (unpaired) electrons. The minimum absolute atomic E-state index is 0.0526. The van der Waals surface area contributed by atoms with Crippen molar-refractivity contribution in [2.75, 3.05) is 26.2 Å². The van der Waals surface area contributed by atoms with Gasteiger partial charge in [-0.3, -0.25) is 9.59 Å². The molecule has 2 aromatic heterocycles. The van der Waals surface area contributed by atoms with E-state index in [-0.39, 0.29) is 17.2 Å². The summed E-state index contributed by atoms with van der Waals surface area (Å²) in [6, 6.07) is 0. The Bertz CT molecular complexity index is 865. The number of hydrogen-bond donors (Lipinski definition) is 0. The monoisotopic (exact) mass is 403 g/mol. The molecule has 150 valence electrons. The van der Waals surface area contributed by atoms with E-state index in [1.165, 1.54) is 11.5 Å². The van der Waals surface area contributed by atoms with Crippen LogP contribution in [-0.4, -0.2) is 72.1 Å². The van der Waals surface area contributed by atoms with Crippen LogP contribution in [0.2, 0.25) is 0 Å². The van der Waals surface area contributed by atoms with Crippen LogP contribution in [0.4, 0.5) is 0 Å². The van der Waals surface area contributed by atoms with Gasteiger partial charge in [-0.1, -0.05) is 4.49 Å². The standard InChI is InChI=1S/C18H25N7O2S/c1-13-20-14(2)25(21-13)6-3-16(26)23-7-4-18(11-23)5-8-24(12-18)17(27)9-15-10-19-22-28-15/h10H,3-9,11-12H2,1-2H3. The number of aryl methyl sites for hydroxylation is 3. The first-order valence-corrected chi connectivity index (χ1v) is 10.4. The van der Waals surface area contributed by atoms with Gasteiger partial charge in [-0.05, 0) is 38.2 Å². The minimum atomic E-state index is 0.0526. The molecule has 0 aromatic carbocycles. The molecule has 2 aliphatic heterocycles. The SMILES string of the molecule is Cc1nc(C)n(CCC(=O)N2CCC3(CCN(C(=O)Cc4cnns4)C3)C2)n1. The highest BCUT2D eigenvalue weighted by molar-refractivity contribution is 7.05. The number of hydrogen-bond acceptors (Lipinski definition) is 7. The van der Waals surface area contributed by atoms with Crippen molar-refractivity contribution in [2.45, 2.75) is 46.1 Å². The third-order valence-corrected chi connectivity index (χ3v) is 6.47. The molecule has 2 amide bonds. The van der Waals surface area contributed by atoms with Crippen LogP contribution in [0, 0.1) is 19.3 Å². The highest BCUT2D eigenvalue weighted by Crippen LogP contribution is 2.39. The molecule has 9 nitrogen and oxygen atoms in total. The van der Waals surface area contributed by atoms with Crippen molar-refractivity contribution in [2.24, 2.45) is 5.41 Å². The van der Waals surface area contributed by atoms with E-state index in [4.69, 9.17) is 0 Å². The van der Waals surface area contributed by atoms with Crippen LogP contribution in [0.15, 0.2) is 6.20 Å². The summed E-state index contributed by atoms with van der Waals surface area (Å²) in [5.74, 6) is 1.86. The van der Waals surface area contributed by atoms with Crippen LogP contribution < -0.4 is 0 Å². The Hall–Kier alpha value is -2.36. The van der Waals surface area contributed by atoms with E-state index < -0.39 is 0 Å². The Balaban J connectivity index is 1.29. The fraction of sp³-hybridized carbons (Fsp3) is 0.667. The molecule has 4 rings (SSSR count). The predicted molar refractivity (Wildman–Crippen MR) is 103 cm³/mol. The lowest BCUT2D eigenvalue weighted by atomic mass is 9.86. The molecule has 2 aliphatic rings. The van der Waals surface area contributed by atoms with E-state index in [9.17, 15) is 9.59 Å². The Morgan fingerprint density at radius 2 is 1.86 bits per heavy atom. The van der Waals surface area contributed by atoms with Crippen LogP contribution in [0.1, 0.15) is 35.8 Å². The molecule has 0 bridgehead atoms. The fourth-order valence-corrected chi connectivity index (χ4v) is 4.77. The third kappa shape index (κ3) is 3.91. The van der Waals surface area contributed by atoms with Gasteiger partial charge in [0.2, 0.25) is 11.8 Å². The summed E-state index contributed by atoms with van der Waals surface area (Å²) in [6.07, 6.45) is 4.38. The van der Waals surface area contributed by atoms with Gasteiger partial charge < -0.3 is 9.80 Å². The fourth-order valence-electron chi connectivity index (χ4n) is 4.29. The van der Waals surface area contributed by atoms with Gasteiger partial charge in [0.1, 0.15) is 11.6 Å². The van der Waals surface area contributed by atoms with E-state index in [1.54, 1.807) is 10.9 Å². The van der Waals surface area contributed by atoms with E-state index in [1.807, 2.05) is 23.6 Å². The Labute approximate surface area is 167 Å². The van der Waals surface area contributed by atoms with Crippen molar-refractivity contribution in [1.82, 2.24) is 34.2 Å². The molecule has 0 aliphatic carbocycles. The Morgan fingerprint density at radius 1 is 1.14 bits per heavy atom. The maximum atomic E-state index is 12.7. The average Bonchev–Trinajstić information content (AvgIpc) is 3.43. The molecule has 2 saturated heterocycles. The largest absolute Gasteiger partial charge is 0.342 e. The van der Waals surface area contributed by atoms with Gasteiger partial charge in [0.15, 0.2) is 0 Å². The minimum Gasteiger partial charge on any atom is -0.342 e. The number of amides is 2. The number of carbonyl (C=O) groups is 2. The summed E-state index contributed by atoms with van der Waals surface area (Å²) in [4.78, 5) is 34.3. The van der Waals surface area contributed by atoms with E-state index in [0.717, 1.165) is 55.5 Å². The molecule has 28 heavy (non-hydrogen) atoms. The quantitative estimate of drug-likeness (QED) is 0.734. The first-order chi connectivity index (χ1) is 13.4. The maximum absolute atomic E-state index is 12.7. The number of aromatic nitrogens is 5. The topological polar surface area (TPSA) is 97.1 Å². The summed E-state index contributed by atoms with van der Waals surface area (Å²) >= 11 is 1.27. The van der Waals surface area contributed by atoms with Gasteiger partial charge in [-0.15, -0.1) is 5.10 Å². The zero-order valence-electron chi connectivity index (χ0n) is 16.3. The molecule has 0 N–H and O–H groups in total. The van der Waals surface area contributed by atoms with E-state index in [2.05, 4.69) is 19.7 Å². The summed E-state index contributed by atoms with van der Waals surface area (Å²) in [7, 11) is 0. The molecule has 1 unspecified atom stereocenters. The van der Waals surface area contributed by atoms with Crippen LogP contribution in [0.25, 0.3) is 0 Å². The second kappa shape index (κ2) is 7.57. The zero-order chi connectivity index (χ0) is 19.7. The van der Waals surface area contributed by atoms with Gasteiger partial charge in [-0.25, -0.2) is 9.67 Å². The molecule has 2 fully saturated rings. The smallest absolute Gasteiger partial charge is 0.227 e. The molecule has 10 heteroatoms. The van der Waals surface area contributed by atoms with Crippen molar-refractivity contribution in [3.8, 4) is 0 Å². The van der Waals surface area contributed by atoms with Gasteiger partial charge in [0.05, 0.1) is 24.0 Å². The lowest BCUT2D eigenvalue weighted by Gasteiger charge is -2.24. The van der Waals surface area contributed by atoms with E-state index in [0.29, 0.717) is 19.4 Å². The lowest BCUT2D eigenvalue weighted by Crippen LogP contribution is -2.36. The molecule has 0 saturated carbocycles. The summed E-state index contributed by atoms with van der Waals surface area (Å²) < 4.78 is 5.61. The number of carbonyl (C=O) groups excluding carboxylic acids is 2. The third-order valence-electron chi connectivity index (χ3n) is 5.81. The van der Waals surface area contributed by atoms with Gasteiger partial charge in [-0.2, -0.15) is 5.10 Å². The molecule has 1 spiro atoms. The summed E-state index contributed by atoms with van der Waals surface area (Å²) in [5.41, 5.74) is 0.0526. The Morgan fingerprint density at radius 3 is 2.46 bits per heavy atom. The molecule has 2 aromatic rings. The Kier molecular flexibility index (Phi) is 5.13. The highest BCUT2D eigenvalue weighted by Gasteiger charge is 2.45. The van der Waals surface area contributed by atoms with Crippen LogP contribution >= 0.6 is 11.5 Å². The number of rotatable bonds is 5.